The Morgan fingerprint density at radius 1 is 1.31 bits per heavy atom. The predicted molar refractivity (Wildman–Crippen MR) is 50.7 cm³/mol. The monoisotopic (exact) mass is 229 g/mol. The molecule has 0 bridgehead atoms. The quantitative estimate of drug-likeness (QED) is 0.708. The largest absolute Gasteiger partial charge is 0.416 e. The van der Waals surface area contributed by atoms with Gasteiger partial charge in [0.1, 0.15) is 5.82 Å². The van der Waals surface area contributed by atoms with Crippen molar-refractivity contribution in [3.05, 3.63) is 41.2 Å². The van der Waals surface area contributed by atoms with E-state index < -0.39 is 17.6 Å². The van der Waals surface area contributed by atoms with Crippen LogP contribution in [0.3, 0.4) is 0 Å². The Kier molecular flexibility index (Phi) is 3.67. The van der Waals surface area contributed by atoms with Crippen LogP contribution in [0, 0.1) is 17.1 Å². The minimum Gasteiger partial charge on any atom is -0.206 e. The maximum atomic E-state index is 13.2. The molecule has 0 aliphatic carbocycles. The molecule has 0 N–H and O–H groups in total. The van der Waals surface area contributed by atoms with Crippen LogP contribution in [0.15, 0.2) is 24.3 Å². The highest BCUT2D eigenvalue weighted by Crippen LogP contribution is 2.30. The summed E-state index contributed by atoms with van der Waals surface area (Å²) < 4.78 is 49.7. The summed E-state index contributed by atoms with van der Waals surface area (Å²) in [6, 6.07) is 4.07. The van der Waals surface area contributed by atoms with Gasteiger partial charge >= 0.3 is 6.18 Å². The smallest absolute Gasteiger partial charge is 0.206 e. The molecular weight excluding hydrogens is 222 g/mol. The highest BCUT2D eigenvalue weighted by Gasteiger charge is 2.30. The molecular formula is C11H7F4N. The molecule has 0 saturated carbocycles. The van der Waals surface area contributed by atoms with Crippen LogP contribution >= 0.6 is 0 Å². The number of benzene rings is 1. The molecule has 0 aliphatic rings. The number of hydrogen-bond donors (Lipinski definition) is 0. The van der Waals surface area contributed by atoms with E-state index in [-0.39, 0.29) is 12.0 Å². The fourth-order valence-electron chi connectivity index (χ4n) is 1.08. The van der Waals surface area contributed by atoms with Crippen molar-refractivity contribution in [1.82, 2.24) is 0 Å². The van der Waals surface area contributed by atoms with Gasteiger partial charge in [0, 0.05) is 5.56 Å². The third kappa shape index (κ3) is 3.09. The van der Waals surface area contributed by atoms with Crippen molar-refractivity contribution in [2.24, 2.45) is 0 Å². The Balaban J connectivity index is 2.97. The molecule has 0 spiro atoms. The lowest BCUT2D eigenvalue weighted by atomic mass is 10.1. The van der Waals surface area contributed by atoms with E-state index in [0.717, 1.165) is 12.1 Å². The predicted octanol–water partition coefficient (Wildman–Crippen LogP) is 3.77. The van der Waals surface area contributed by atoms with Gasteiger partial charge in [-0.3, -0.25) is 0 Å². The van der Waals surface area contributed by atoms with Crippen LogP contribution in [-0.4, -0.2) is 0 Å². The molecule has 0 aliphatic heterocycles. The lowest BCUT2D eigenvalue weighted by Crippen LogP contribution is -2.05. The van der Waals surface area contributed by atoms with E-state index in [9.17, 15) is 17.6 Å². The zero-order valence-corrected chi connectivity index (χ0v) is 8.05. The van der Waals surface area contributed by atoms with Crippen LogP contribution in [0.25, 0.3) is 6.08 Å². The second-order valence-corrected chi connectivity index (χ2v) is 3.00. The molecule has 0 fully saturated rings. The fraction of sp³-hybridized carbons (Fsp3) is 0.182. The van der Waals surface area contributed by atoms with Crippen LogP contribution in [0.2, 0.25) is 0 Å². The highest BCUT2D eigenvalue weighted by molar-refractivity contribution is 5.51. The molecule has 1 rings (SSSR count). The van der Waals surface area contributed by atoms with E-state index in [4.69, 9.17) is 5.26 Å². The van der Waals surface area contributed by atoms with Gasteiger partial charge in [-0.05, 0) is 12.1 Å². The summed E-state index contributed by atoms with van der Waals surface area (Å²) in [5.41, 5.74) is -0.995. The molecule has 0 saturated heterocycles. The standard InChI is InChI=1S/C11H7F4N/c12-10-7-9(11(13,14)15)5-4-8(10)3-1-2-6-16/h1,3-5,7H,2H2. The minimum absolute atomic E-state index is 0.0308. The van der Waals surface area contributed by atoms with Crippen LogP contribution in [-0.2, 0) is 6.18 Å². The van der Waals surface area contributed by atoms with Gasteiger partial charge in [0.05, 0.1) is 18.1 Å². The Labute approximate surface area is 89.6 Å². The molecule has 0 amide bonds. The van der Waals surface area contributed by atoms with Crippen LogP contribution in [0.1, 0.15) is 17.5 Å². The summed E-state index contributed by atoms with van der Waals surface area (Å²) in [6.07, 6.45) is -1.80. The van der Waals surface area contributed by atoms with Crippen molar-refractivity contribution < 1.29 is 17.6 Å². The van der Waals surface area contributed by atoms with Gasteiger partial charge in [-0.15, -0.1) is 0 Å². The first-order valence-electron chi connectivity index (χ1n) is 4.35. The Bertz CT molecular complexity index is 440. The van der Waals surface area contributed by atoms with Crippen molar-refractivity contribution in [3.63, 3.8) is 0 Å². The molecule has 0 heterocycles. The SMILES string of the molecule is N#CCC=Cc1ccc(C(F)(F)F)cc1F. The molecule has 1 aromatic rings. The van der Waals surface area contributed by atoms with Crippen LogP contribution in [0.4, 0.5) is 17.6 Å². The first kappa shape index (κ1) is 12.2. The maximum absolute atomic E-state index is 13.2. The number of allylic oxidation sites excluding steroid dienone is 1. The second kappa shape index (κ2) is 4.79. The van der Waals surface area contributed by atoms with Crippen molar-refractivity contribution in [2.75, 3.05) is 0 Å². The summed E-state index contributed by atoms with van der Waals surface area (Å²) in [4.78, 5) is 0. The van der Waals surface area contributed by atoms with Gasteiger partial charge in [-0.25, -0.2) is 4.39 Å². The number of nitriles is 1. The molecule has 0 unspecified atom stereocenters. The van der Waals surface area contributed by atoms with Gasteiger partial charge < -0.3 is 0 Å². The highest BCUT2D eigenvalue weighted by atomic mass is 19.4. The normalized spacial score (nSPS) is 11.7. The molecule has 0 radical (unpaired) electrons. The molecule has 1 nitrogen and oxygen atoms in total. The van der Waals surface area contributed by atoms with E-state index >= 15 is 0 Å². The Morgan fingerprint density at radius 2 is 2.00 bits per heavy atom. The van der Waals surface area contributed by atoms with Crippen molar-refractivity contribution in [2.45, 2.75) is 12.6 Å². The van der Waals surface area contributed by atoms with E-state index in [2.05, 4.69) is 0 Å². The molecule has 0 aromatic heterocycles. The van der Waals surface area contributed by atoms with Crippen molar-refractivity contribution >= 4 is 6.08 Å². The number of halogens is 4. The fourth-order valence-corrected chi connectivity index (χ4v) is 1.08. The number of rotatable bonds is 2. The summed E-state index contributed by atoms with van der Waals surface area (Å²) in [5.74, 6) is -0.955. The minimum atomic E-state index is -4.55. The van der Waals surface area contributed by atoms with Crippen LogP contribution in [0.5, 0.6) is 0 Å². The Hall–Kier alpha value is -1.83. The van der Waals surface area contributed by atoms with Gasteiger partial charge in [-0.2, -0.15) is 18.4 Å². The zero-order chi connectivity index (χ0) is 12.2. The molecule has 5 heteroatoms. The first-order chi connectivity index (χ1) is 7.45. The first-order valence-corrected chi connectivity index (χ1v) is 4.35. The molecule has 0 atom stereocenters. The number of hydrogen-bond acceptors (Lipinski definition) is 1. The van der Waals surface area contributed by atoms with Gasteiger partial charge in [-0.1, -0.05) is 18.2 Å². The third-order valence-corrected chi connectivity index (χ3v) is 1.83. The zero-order valence-electron chi connectivity index (χ0n) is 8.05. The average molecular weight is 229 g/mol. The van der Waals surface area contributed by atoms with Crippen molar-refractivity contribution in [3.8, 4) is 6.07 Å². The molecule has 84 valence electrons. The van der Waals surface area contributed by atoms with E-state index in [1.165, 1.54) is 12.2 Å². The maximum Gasteiger partial charge on any atom is 0.416 e. The van der Waals surface area contributed by atoms with E-state index in [1.807, 2.05) is 0 Å². The molecule has 1 aromatic carbocycles. The average Bonchev–Trinajstić information content (AvgIpc) is 2.19. The molecule has 16 heavy (non-hydrogen) atoms. The number of alkyl halides is 3. The Morgan fingerprint density at radius 3 is 2.50 bits per heavy atom. The third-order valence-electron chi connectivity index (χ3n) is 1.83. The summed E-state index contributed by atoms with van der Waals surface area (Å²) in [6.45, 7) is 0. The lowest BCUT2D eigenvalue weighted by Gasteiger charge is -2.07. The van der Waals surface area contributed by atoms with Gasteiger partial charge in [0.25, 0.3) is 0 Å². The summed E-state index contributed by atoms with van der Waals surface area (Å²) in [5, 5.41) is 8.22. The van der Waals surface area contributed by atoms with Gasteiger partial charge in [0.2, 0.25) is 0 Å². The van der Waals surface area contributed by atoms with E-state index in [0.29, 0.717) is 6.07 Å². The topological polar surface area (TPSA) is 23.8 Å². The summed E-state index contributed by atoms with van der Waals surface area (Å²) in [7, 11) is 0. The number of nitrogens with zero attached hydrogens (tertiary/aromatic N) is 1. The summed E-state index contributed by atoms with van der Waals surface area (Å²) >= 11 is 0. The second-order valence-electron chi connectivity index (χ2n) is 3.00. The van der Waals surface area contributed by atoms with Gasteiger partial charge in [0.15, 0.2) is 0 Å². The van der Waals surface area contributed by atoms with Crippen LogP contribution < -0.4 is 0 Å². The lowest BCUT2D eigenvalue weighted by molar-refractivity contribution is -0.137. The van der Waals surface area contributed by atoms with E-state index in [1.54, 1.807) is 6.07 Å². The van der Waals surface area contributed by atoms with Crippen molar-refractivity contribution in [1.29, 1.82) is 5.26 Å².